The fraction of sp³-hybridized carbons (Fsp3) is 0.250. The summed E-state index contributed by atoms with van der Waals surface area (Å²) < 4.78 is 26.7. The van der Waals surface area contributed by atoms with E-state index in [0.29, 0.717) is 38.7 Å². The molecule has 0 aliphatic carbocycles. The molecule has 0 atom stereocenters. The zero-order chi connectivity index (χ0) is 17.6. The van der Waals surface area contributed by atoms with Gasteiger partial charge in [-0.25, -0.2) is 13.1 Å². The number of nitrogens with one attached hydrogen (secondary N) is 1. The minimum absolute atomic E-state index is 0.0643. The molecule has 0 saturated carbocycles. The van der Waals surface area contributed by atoms with Crippen LogP contribution in [0.1, 0.15) is 11.1 Å². The van der Waals surface area contributed by atoms with Crippen LogP contribution in [0.2, 0.25) is 15.1 Å². The van der Waals surface area contributed by atoms with Gasteiger partial charge in [-0.05, 0) is 35.4 Å². The highest BCUT2D eigenvalue weighted by molar-refractivity contribution is 7.98. The molecule has 130 valence electrons. The first kappa shape index (κ1) is 19.9. The largest absolute Gasteiger partial charge is 0.215 e. The van der Waals surface area contributed by atoms with Crippen LogP contribution in [0.5, 0.6) is 0 Å². The van der Waals surface area contributed by atoms with E-state index in [0.717, 1.165) is 5.56 Å². The van der Waals surface area contributed by atoms with E-state index < -0.39 is 10.0 Å². The van der Waals surface area contributed by atoms with E-state index in [2.05, 4.69) is 4.72 Å². The van der Waals surface area contributed by atoms with Crippen molar-refractivity contribution in [2.75, 3.05) is 12.3 Å². The molecule has 1 N–H and O–H groups in total. The average Bonchev–Trinajstić information content (AvgIpc) is 2.51. The second kappa shape index (κ2) is 9.32. The van der Waals surface area contributed by atoms with E-state index in [-0.39, 0.29) is 5.75 Å². The Morgan fingerprint density at radius 3 is 2.21 bits per heavy atom. The third-order valence-corrected chi connectivity index (χ3v) is 6.45. The van der Waals surface area contributed by atoms with Crippen molar-refractivity contribution in [3.05, 3.63) is 68.7 Å². The van der Waals surface area contributed by atoms with Crippen molar-refractivity contribution in [2.24, 2.45) is 0 Å². The fourth-order valence-corrected chi connectivity index (χ4v) is 4.96. The van der Waals surface area contributed by atoms with Gasteiger partial charge in [0.2, 0.25) is 10.0 Å². The van der Waals surface area contributed by atoms with E-state index in [1.54, 1.807) is 54.2 Å². The predicted molar refractivity (Wildman–Crippen MR) is 105 cm³/mol. The van der Waals surface area contributed by atoms with Gasteiger partial charge in [0, 0.05) is 33.1 Å². The van der Waals surface area contributed by atoms with E-state index >= 15 is 0 Å². The summed E-state index contributed by atoms with van der Waals surface area (Å²) in [4.78, 5) is 0. The summed E-state index contributed by atoms with van der Waals surface area (Å²) in [5, 5.41) is 1.83. The van der Waals surface area contributed by atoms with Crippen molar-refractivity contribution < 1.29 is 8.42 Å². The molecule has 2 aromatic carbocycles. The highest BCUT2D eigenvalue weighted by atomic mass is 35.5. The van der Waals surface area contributed by atoms with Gasteiger partial charge in [-0.2, -0.15) is 11.8 Å². The topological polar surface area (TPSA) is 46.2 Å². The van der Waals surface area contributed by atoms with Crippen LogP contribution in [-0.4, -0.2) is 20.7 Å². The van der Waals surface area contributed by atoms with E-state index in [9.17, 15) is 8.42 Å². The van der Waals surface area contributed by atoms with Gasteiger partial charge in [-0.1, -0.05) is 53.0 Å². The zero-order valence-electron chi connectivity index (χ0n) is 12.6. The molecular formula is C16H16Cl3NO2S2. The van der Waals surface area contributed by atoms with E-state index in [1.165, 1.54) is 0 Å². The van der Waals surface area contributed by atoms with Crippen LogP contribution in [0.25, 0.3) is 0 Å². The van der Waals surface area contributed by atoms with Crippen molar-refractivity contribution in [1.29, 1.82) is 0 Å². The molecule has 2 rings (SSSR count). The summed E-state index contributed by atoms with van der Waals surface area (Å²) in [6.07, 6.45) is 0. The molecule has 0 aliphatic rings. The maximum Gasteiger partial charge on any atom is 0.215 e. The van der Waals surface area contributed by atoms with Crippen LogP contribution in [0.3, 0.4) is 0 Å². The molecule has 0 aliphatic heterocycles. The van der Waals surface area contributed by atoms with Crippen LogP contribution in [0, 0.1) is 0 Å². The lowest BCUT2D eigenvalue weighted by molar-refractivity contribution is 0.583. The Labute approximate surface area is 161 Å². The summed E-state index contributed by atoms with van der Waals surface area (Å²) in [6, 6.07) is 12.1. The number of sulfonamides is 1. The maximum absolute atomic E-state index is 12.0. The molecule has 0 fully saturated rings. The Morgan fingerprint density at radius 1 is 0.958 bits per heavy atom. The van der Waals surface area contributed by atoms with Gasteiger partial charge < -0.3 is 0 Å². The maximum atomic E-state index is 12.0. The highest BCUT2D eigenvalue weighted by Gasteiger charge is 2.11. The first-order chi connectivity index (χ1) is 11.4. The Bertz CT molecular complexity index is 760. The Morgan fingerprint density at radius 2 is 1.58 bits per heavy atom. The molecule has 0 unspecified atom stereocenters. The lowest BCUT2D eigenvalue weighted by Gasteiger charge is -2.08. The van der Waals surface area contributed by atoms with Crippen LogP contribution >= 0.6 is 46.6 Å². The third-order valence-electron chi connectivity index (χ3n) is 3.15. The number of rotatable bonds is 8. The second-order valence-electron chi connectivity index (χ2n) is 5.03. The van der Waals surface area contributed by atoms with Crippen molar-refractivity contribution in [2.45, 2.75) is 11.5 Å². The number of hydrogen-bond donors (Lipinski definition) is 1. The molecule has 0 amide bonds. The third kappa shape index (κ3) is 6.47. The summed E-state index contributed by atoms with van der Waals surface area (Å²) in [6.45, 7) is 0.350. The van der Waals surface area contributed by atoms with Crippen molar-refractivity contribution >= 4 is 56.6 Å². The SMILES string of the molecule is O=S(=O)(Cc1ccc(Cl)cc1)NCCSCc1c(Cl)cccc1Cl. The molecule has 0 heterocycles. The van der Waals surface area contributed by atoms with Gasteiger partial charge in [0.25, 0.3) is 0 Å². The van der Waals surface area contributed by atoms with Crippen LogP contribution in [0.15, 0.2) is 42.5 Å². The van der Waals surface area contributed by atoms with Crippen LogP contribution in [0.4, 0.5) is 0 Å². The number of halogens is 3. The van der Waals surface area contributed by atoms with E-state index in [4.69, 9.17) is 34.8 Å². The molecule has 0 bridgehead atoms. The van der Waals surface area contributed by atoms with Gasteiger partial charge in [-0.15, -0.1) is 0 Å². The van der Waals surface area contributed by atoms with Crippen LogP contribution < -0.4 is 4.72 Å². The Hall–Kier alpha value is -0.430. The molecule has 24 heavy (non-hydrogen) atoms. The van der Waals surface area contributed by atoms with E-state index in [1.807, 2.05) is 0 Å². The van der Waals surface area contributed by atoms with Gasteiger partial charge in [0.1, 0.15) is 0 Å². The number of hydrogen-bond acceptors (Lipinski definition) is 3. The molecule has 0 radical (unpaired) electrons. The minimum Gasteiger partial charge on any atom is -0.214 e. The monoisotopic (exact) mass is 423 g/mol. The van der Waals surface area contributed by atoms with Crippen molar-refractivity contribution in [3.8, 4) is 0 Å². The molecule has 0 spiro atoms. The molecule has 3 nitrogen and oxygen atoms in total. The minimum atomic E-state index is -3.37. The summed E-state index contributed by atoms with van der Waals surface area (Å²) in [5.41, 5.74) is 1.57. The zero-order valence-corrected chi connectivity index (χ0v) is 16.5. The first-order valence-corrected chi connectivity index (χ1v) is 11.0. The van der Waals surface area contributed by atoms with Crippen molar-refractivity contribution in [3.63, 3.8) is 0 Å². The number of benzene rings is 2. The van der Waals surface area contributed by atoms with Gasteiger partial charge in [-0.3, -0.25) is 0 Å². The fourth-order valence-electron chi connectivity index (χ4n) is 1.96. The molecule has 0 aromatic heterocycles. The summed E-state index contributed by atoms with van der Waals surface area (Å²) in [5.74, 6) is 1.20. The Kier molecular flexibility index (Phi) is 7.72. The first-order valence-electron chi connectivity index (χ1n) is 7.10. The summed E-state index contributed by atoms with van der Waals surface area (Å²) >= 11 is 19.6. The summed E-state index contributed by atoms with van der Waals surface area (Å²) in [7, 11) is -3.37. The standard InChI is InChI=1S/C16H16Cl3NO2S2/c17-13-6-4-12(5-7-13)11-24(21,22)20-8-9-23-10-14-15(18)2-1-3-16(14)19/h1-7,20H,8-11H2. The molecular weight excluding hydrogens is 409 g/mol. The second-order valence-corrected chi connectivity index (χ2v) is 9.20. The quantitative estimate of drug-likeness (QED) is 0.607. The van der Waals surface area contributed by atoms with Crippen LogP contribution in [-0.2, 0) is 21.5 Å². The van der Waals surface area contributed by atoms with Crippen molar-refractivity contribution in [1.82, 2.24) is 4.72 Å². The normalized spacial score (nSPS) is 11.6. The van der Waals surface area contributed by atoms with Gasteiger partial charge >= 0.3 is 0 Å². The predicted octanol–water partition coefficient (Wildman–Crippen LogP) is 5.00. The van der Waals surface area contributed by atoms with Gasteiger partial charge in [0.15, 0.2) is 0 Å². The molecule has 0 saturated heterocycles. The lowest BCUT2D eigenvalue weighted by atomic mass is 10.2. The number of thioether (sulfide) groups is 1. The molecule has 2 aromatic rings. The Balaban J connectivity index is 1.76. The van der Waals surface area contributed by atoms with Gasteiger partial charge in [0.05, 0.1) is 5.75 Å². The smallest absolute Gasteiger partial charge is 0.214 e. The molecule has 8 heteroatoms. The average molecular weight is 425 g/mol. The highest BCUT2D eigenvalue weighted by Crippen LogP contribution is 2.28. The lowest BCUT2D eigenvalue weighted by Crippen LogP contribution is -2.27.